The number of hydrogen-bond donors (Lipinski definition) is 0. The third-order valence-electron chi connectivity index (χ3n) is 2.16. The van der Waals surface area contributed by atoms with Gasteiger partial charge in [-0.15, -0.1) is 0 Å². The van der Waals surface area contributed by atoms with Gasteiger partial charge in [0.2, 0.25) is 5.69 Å². The molecular weight excluding hydrogens is 305 g/mol. The molecule has 19 heavy (non-hydrogen) atoms. The molecule has 0 radical (unpaired) electrons. The van der Waals surface area contributed by atoms with Crippen LogP contribution in [0.15, 0.2) is 15.4 Å². The van der Waals surface area contributed by atoms with E-state index in [1.54, 1.807) is 0 Å². The number of aromatic nitrogens is 1. The molecule has 1 aromatic heterocycles. The van der Waals surface area contributed by atoms with E-state index in [1.165, 1.54) is 22.2 Å². The van der Waals surface area contributed by atoms with Crippen molar-refractivity contribution in [3.05, 3.63) is 22.2 Å². The molecule has 110 valence electrons. The van der Waals surface area contributed by atoms with Crippen LogP contribution >= 0.6 is 17.1 Å². The third-order valence-corrected chi connectivity index (χ3v) is 7.49. The van der Waals surface area contributed by atoms with Crippen LogP contribution in [0.3, 0.4) is 0 Å². The lowest BCUT2D eigenvalue weighted by Gasteiger charge is -2.19. The van der Waals surface area contributed by atoms with E-state index in [0.717, 1.165) is 12.8 Å². The van der Waals surface area contributed by atoms with Gasteiger partial charge >= 0.3 is 0 Å². The van der Waals surface area contributed by atoms with Crippen molar-refractivity contribution in [2.75, 3.05) is 13.2 Å². The minimum atomic E-state index is -2.38. The Balaban J connectivity index is 2.68. The van der Waals surface area contributed by atoms with Crippen molar-refractivity contribution in [3.8, 4) is 0 Å². The van der Waals surface area contributed by atoms with Crippen molar-refractivity contribution < 1.29 is 13.6 Å². The Morgan fingerprint density at radius 3 is 2.53 bits per heavy atom. The Morgan fingerprint density at radius 2 is 2.00 bits per heavy atom. The number of nitrogens with zero attached hydrogens (tertiary/aromatic N) is 1. The zero-order valence-corrected chi connectivity index (χ0v) is 14.0. The summed E-state index contributed by atoms with van der Waals surface area (Å²) in [4.78, 5) is 11.7. The molecule has 0 amide bonds. The highest BCUT2D eigenvalue weighted by Gasteiger charge is 2.20. The largest absolute Gasteiger partial charge is 0.380 e. The third kappa shape index (κ3) is 5.44. The van der Waals surface area contributed by atoms with E-state index in [4.69, 9.17) is 25.4 Å². The van der Waals surface area contributed by atoms with Gasteiger partial charge in [0, 0.05) is 12.5 Å². The topological polar surface area (TPSA) is 53.6 Å². The average Bonchev–Trinajstić information content (AvgIpc) is 2.68. The Morgan fingerprint density at radius 1 is 1.37 bits per heavy atom. The molecule has 1 rings (SSSR count). The van der Waals surface area contributed by atoms with Gasteiger partial charge in [-0.3, -0.25) is 4.79 Å². The summed E-state index contributed by atoms with van der Waals surface area (Å²) >= 11 is 6.70. The van der Waals surface area contributed by atoms with Crippen molar-refractivity contribution in [3.63, 3.8) is 0 Å². The van der Waals surface area contributed by atoms with Crippen LogP contribution in [-0.2, 0) is 33.2 Å². The summed E-state index contributed by atoms with van der Waals surface area (Å²) in [5, 5.41) is 0. The van der Waals surface area contributed by atoms with Crippen LogP contribution in [0.4, 0.5) is 0 Å². The molecule has 0 aliphatic rings. The first-order chi connectivity index (χ1) is 9.04. The molecule has 0 atom stereocenters. The van der Waals surface area contributed by atoms with Crippen molar-refractivity contribution in [1.82, 2.24) is 4.74 Å². The summed E-state index contributed by atoms with van der Waals surface area (Å²) in [5.41, 5.74) is -2.53. The van der Waals surface area contributed by atoms with Crippen molar-refractivity contribution in [2.45, 2.75) is 39.5 Å². The SMILES string of the molecule is CCCc1cc(=O)n(CSP(=S)(OCC)OCC)o1. The van der Waals surface area contributed by atoms with Crippen LogP contribution < -0.4 is 5.56 Å². The van der Waals surface area contributed by atoms with Gasteiger partial charge in [0.05, 0.1) is 13.2 Å². The highest BCUT2D eigenvalue weighted by molar-refractivity contribution is 8.67. The lowest BCUT2D eigenvalue weighted by atomic mass is 10.3. The smallest absolute Gasteiger partial charge is 0.283 e. The molecule has 0 aliphatic carbocycles. The Bertz CT molecular complexity index is 475. The van der Waals surface area contributed by atoms with Gasteiger partial charge < -0.3 is 13.6 Å². The second-order valence-corrected chi connectivity index (χ2v) is 9.99. The first-order valence-corrected chi connectivity index (χ1v) is 10.5. The zero-order valence-electron chi connectivity index (χ0n) is 11.5. The maximum atomic E-state index is 11.7. The van der Waals surface area contributed by atoms with Gasteiger partial charge in [-0.05, 0) is 43.5 Å². The van der Waals surface area contributed by atoms with Crippen molar-refractivity contribution >= 4 is 28.9 Å². The second kappa shape index (κ2) is 8.27. The summed E-state index contributed by atoms with van der Waals surface area (Å²) in [6.45, 7) is 6.78. The van der Waals surface area contributed by atoms with Gasteiger partial charge in [0.25, 0.3) is 5.56 Å². The summed E-state index contributed by atoms with van der Waals surface area (Å²) in [7, 11) is 0. The highest BCUT2D eigenvalue weighted by Crippen LogP contribution is 2.61. The van der Waals surface area contributed by atoms with E-state index in [9.17, 15) is 4.79 Å². The fourth-order valence-electron chi connectivity index (χ4n) is 1.43. The molecular formula is C11H20NO4PS2. The Kier molecular flexibility index (Phi) is 7.39. The number of aryl methyl sites for hydroxylation is 1. The molecule has 1 aromatic rings. The quantitative estimate of drug-likeness (QED) is 0.649. The molecule has 0 saturated heterocycles. The molecule has 0 aromatic carbocycles. The first-order valence-electron chi connectivity index (χ1n) is 6.28. The Labute approximate surface area is 122 Å². The molecule has 0 bridgehead atoms. The van der Waals surface area contributed by atoms with Gasteiger partial charge in [-0.1, -0.05) is 6.92 Å². The van der Waals surface area contributed by atoms with Gasteiger partial charge in [-0.2, -0.15) is 4.74 Å². The van der Waals surface area contributed by atoms with E-state index in [-0.39, 0.29) is 5.56 Å². The van der Waals surface area contributed by atoms with Crippen LogP contribution in [-0.4, -0.2) is 18.0 Å². The van der Waals surface area contributed by atoms with Crippen LogP contribution in [0.1, 0.15) is 33.0 Å². The highest BCUT2D eigenvalue weighted by atomic mass is 32.9. The van der Waals surface area contributed by atoms with Gasteiger partial charge in [0.15, 0.2) is 0 Å². The maximum Gasteiger partial charge on any atom is 0.283 e. The molecule has 1 heterocycles. The standard InChI is InChI=1S/C11H20NO4PS2/c1-4-7-10-8-11(13)12(16-10)9-19-17(18,14-5-2)15-6-3/h8H,4-7,9H2,1-3H3. The average molecular weight is 325 g/mol. The van der Waals surface area contributed by atoms with E-state index in [0.29, 0.717) is 24.9 Å². The summed E-state index contributed by atoms with van der Waals surface area (Å²) < 4.78 is 17.7. The van der Waals surface area contributed by atoms with Crippen LogP contribution in [0.2, 0.25) is 0 Å². The lowest BCUT2D eigenvalue weighted by molar-refractivity contribution is 0.268. The van der Waals surface area contributed by atoms with E-state index >= 15 is 0 Å². The first kappa shape index (κ1) is 17.0. The predicted molar refractivity (Wildman–Crippen MR) is 82.1 cm³/mol. The van der Waals surface area contributed by atoms with E-state index < -0.39 is 5.69 Å². The molecule has 8 heteroatoms. The number of rotatable bonds is 9. The van der Waals surface area contributed by atoms with Crippen LogP contribution in [0, 0.1) is 0 Å². The minimum Gasteiger partial charge on any atom is -0.380 e. The monoisotopic (exact) mass is 325 g/mol. The molecule has 0 fully saturated rings. The normalized spacial score (nSPS) is 11.9. The summed E-state index contributed by atoms with van der Waals surface area (Å²) in [6, 6.07) is 1.52. The molecule has 0 aliphatic heterocycles. The zero-order chi connectivity index (χ0) is 14.3. The number of hydrogen-bond acceptors (Lipinski definition) is 6. The lowest BCUT2D eigenvalue weighted by Crippen LogP contribution is -2.11. The van der Waals surface area contributed by atoms with Gasteiger partial charge in [-0.25, -0.2) is 0 Å². The molecule has 5 nitrogen and oxygen atoms in total. The van der Waals surface area contributed by atoms with Crippen LogP contribution in [0.5, 0.6) is 0 Å². The molecule has 0 spiro atoms. The van der Waals surface area contributed by atoms with E-state index in [1.807, 2.05) is 20.8 Å². The minimum absolute atomic E-state index is 0.148. The summed E-state index contributed by atoms with van der Waals surface area (Å²) in [6.07, 6.45) is 1.70. The molecule has 0 unspecified atom stereocenters. The van der Waals surface area contributed by atoms with Gasteiger partial charge in [0.1, 0.15) is 11.6 Å². The molecule has 0 saturated carbocycles. The maximum absolute atomic E-state index is 11.7. The van der Waals surface area contributed by atoms with E-state index in [2.05, 4.69) is 0 Å². The van der Waals surface area contributed by atoms with Crippen LogP contribution in [0.25, 0.3) is 0 Å². The fraction of sp³-hybridized carbons (Fsp3) is 0.727. The predicted octanol–water partition coefficient (Wildman–Crippen LogP) is 3.38. The second-order valence-electron chi connectivity index (χ2n) is 3.71. The molecule has 0 N–H and O–H groups in total. The van der Waals surface area contributed by atoms with Crippen molar-refractivity contribution in [1.29, 1.82) is 0 Å². The fourth-order valence-corrected chi connectivity index (χ4v) is 5.59. The Hall–Kier alpha value is -0.0700. The summed E-state index contributed by atoms with van der Waals surface area (Å²) in [5.74, 6) is 1.02. The van der Waals surface area contributed by atoms with Crippen molar-refractivity contribution in [2.24, 2.45) is 0 Å².